The quantitative estimate of drug-likeness (QED) is 0.713. The molecule has 2 N–H and O–H groups in total. The largest absolute Gasteiger partial charge is 0.493 e. The second-order valence-electron chi connectivity index (χ2n) is 6.63. The summed E-state index contributed by atoms with van der Waals surface area (Å²) in [5, 5.41) is 0.380. The Hall–Kier alpha value is -3.02. The van der Waals surface area contributed by atoms with Gasteiger partial charge in [0.05, 0.1) is 25.1 Å². The fourth-order valence-electron chi connectivity index (χ4n) is 2.99. The third-order valence-electron chi connectivity index (χ3n) is 4.26. The number of nitrogens with two attached hydrogens (primary N) is 1. The lowest BCUT2D eigenvalue weighted by Crippen LogP contribution is -2.30. The van der Waals surface area contributed by atoms with E-state index in [-0.39, 0.29) is 5.56 Å². The van der Waals surface area contributed by atoms with Crippen LogP contribution >= 0.6 is 0 Å². The van der Waals surface area contributed by atoms with Crippen LogP contribution in [0.3, 0.4) is 0 Å². The van der Waals surface area contributed by atoms with Crippen LogP contribution in [0.2, 0.25) is 0 Å². The smallest absolute Gasteiger partial charge is 0.280 e. The highest BCUT2D eigenvalue weighted by atomic mass is 16.5. The van der Waals surface area contributed by atoms with Gasteiger partial charge >= 0.3 is 0 Å². The van der Waals surface area contributed by atoms with Crippen LogP contribution in [0.5, 0.6) is 11.5 Å². The number of fused-ring (bicyclic) bond motifs is 1. The van der Waals surface area contributed by atoms with Gasteiger partial charge in [-0.2, -0.15) is 0 Å². The molecule has 6 nitrogen and oxygen atoms in total. The van der Waals surface area contributed by atoms with E-state index in [0.29, 0.717) is 34.1 Å². The summed E-state index contributed by atoms with van der Waals surface area (Å²) in [6.45, 7) is 4.36. The molecule has 0 aliphatic heterocycles. The molecule has 2 aromatic carbocycles. The van der Waals surface area contributed by atoms with Gasteiger partial charge in [0.15, 0.2) is 17.3 Å². The summed E-state index contributed by atoms with van der Waals surface area (Å²) in [6.07, 6.45) is 0.998. The van der Waals surface area contributed by atoms with Crippen molar-refractivity contribution in [3.8, 4) is 22.9 Å². The predicted octanol–water partition coefficient (Wildman–Crippen LogP) is 2.99. The van der Waals surface area contributed by atoms with Gasteiger partial charge in [-0.3, -0.25) is 4.79 Å². The molecule has 0 fully saturated rings. The lowest BCUT2D eigenvalue weighted by Gasteiger charge is -2.12. The molecule has 0 spiro atoms. The zero-order valence-electron chi connectivity index (χ0n) is 15.4. The van der Waals surface area contributed by atoms with Crippen molar-refractivity contribution in [2.24, 2.45) is 5.92 Å². The minimum absolute atomic E-state index is 0.336. The maximum Gasteiger partial charge on any atom is 0.280 e. The van der Waals surface area contributed by atoms with E-state index in [9.17, 15) is 4.79 Å². The molecule has 3 rings (SSSR count). The number of hydrogen-bond donors (Lipinski definition) is 1. The van der Waals surface area contributed by atoms with Crippen LogP contribution in [0.1, 0.15) is 19.4 Å². The number of rotatable bonds is 5. The molecule has 0 radical (unpaired) electrons. The highest BCUT2D eigenvalue weighted by molar-refractivity contribution is 5.83. The van der Waals surface area contributed by atoms with Crippen molar-refractivity contribution in [3.05, 3.63) is 52.3 Å². The molecule has 6 heteroatoms. The van der Waals surface area contributed by atoms with Crippen LogP contribution in [0.15, 0.2) is 41.2 Å². The highest BCUT2D eigenvalue weighted by Gasteiger charge is 2.15. The number of nitrogens with zero attached hydrogens (tertiary/aromatic N) is 2. The molecule has 0 aliphatic rings. The molecule has 0 bridgehead atoms. The van der Waals surface area contributed by atoms with E-state index in [0.717, 1.165) is 16.7 Å². The van der Waals surface area contributed by atoms with Gasteiger partial charge < -0.3 is 15.3 Å². The van der Waals surface area contributed by atoms with Crippen molar-refractivity contribution in [1.82, 2.24) is 9.66 Å². The van der Waals surface area contributed by atoms with Gasteiger partial charge in [0, 0.05) is 11.6 Å². The van der Waals surface area contributed by atoms with Crippen LogP contribution in [0, 0.1) is 5.92 Å². The molecule has 136 valence electrons. The van der Waals surface area contributed by atoms with E-state index < -0.39 is 0 Å². The van der Waals surface area contributed by atoms with E-state index in [4.69, 9.17) is 15.3 Å². The Labute approximate surface area is 152 Å². The van der Waals surface area contributed by atoms with Crippen LogP contribution < -0.4 is 20.9 Å². The Morgan fingerprint density at radius 3 is 2.27 bits per heavy atom. The average Bonchev–Trinajstić information content (AvgIpc) is 2.64. The first-order valence-corrected chi connectivity index (χ1v) is 8.47. The van der Waals surface area contributed by atoms with Crippen molar-refractivity contribution in [3.63, 3.8) is 0 Å². The summed E-state index contributed by atoms with van der Waals surface area (Å²) in [7, 11) is 3.06. The van der Waals surface area contributed by atoms with E-state index in [1.165, 1.54) is 12.7 Å². The molecule has 3 aromatic rings. The maximum atomic E-state index is 12.7. The Morgan fingerprint density at radius 2 is 1.69 bits per heavy atom. The topological polar surface area (TPSA) is 79.4 Å². The lowest BCUT2D eigenvalue weighted by atomic mass is 10.0. The summed E-state index contributed by atoms with van der Waals surface area (Å²) < 4.78 is 11.6. The van der Waals surface area contributed by atoms with E-state index in [1.807, 2.05) is 24.3 Å². The molecule has 0 saturated carbocycles. The van der Waals surface area contributed by atoms with Gasteiger partial charge in [-0.05, 0) is 24.0 Å². The molecule has 0 atom stereocenters. The van der Waals surface area contributed by atoms with Gasteiger partial charge in [-0.1, -0.05) is 38.1 Å². The lowest BCUT2D eigenvalue weighted by molar-refractivity contribution is 0.355. The fraction of sp³-hybridized carbons (Fsp3) is 0.300. The van der Waals surface area contributed by atoms with Gasteiger partial charge in [0.1, 0.15) is 0 Å². The average molecular weight is 353 g/mol. The zero-order chi connectivity index (χ0) is 18.8. The van der Waals surface area contributed by atoms with E-state index >= 15 is 0 Å². The van der Waals surface area contributed by atoms with Crippen molar-refractivity contribution < 1.29 is 9.47 Å². The monoisotopic (exact) mass is 353 g/mol. The zero-order valence-corrected chi connectivity index (χ0v) is 15.4. The summed E-state index contributed by atoms with van der Waals surface area (Å²) in [5.74, 6) is 7.99. The van der Waals surface area contributed by atoms with Gasteiger partial charge in [0.2, 0.25) is 0 Å². The third-order valence-corrected chi connectivity index (χ3v) is 4.26. The summed E-state index contributed by atoms with van der Waals surface area (Å²) in [6, 6.07) is 11.3. The van der Waals surface area contributed by atoms with E-state index in [2.05, 4.69) is 18.8 Å². The second-order valence-corrected chi connectivity index (χ2v) is 6.63. The Balaban J connectivity index is 2.14. The van der Waals surface area contributed by atoms with Crippen LogP contribution in [-0.4, -0.2) is 23.9 Å². The number of ether oxygens (including phenoxy) is 2. The SMILES string of the molecule is COc1cc2nc(-c3ccc(CC(C)C)cc3)n(N)c(=O)c2cc1OC. The minimum atomic E-state index is -0.336. The Morgan fingerprint density at radius 1 is 1.08 bits per heavy atom. The number of aromatic nitrogens is 2. The van der Waals surface area contributed by atoms with Crippen LogP contribution in [-0.2, 0) is 6.42 Å². The third kappa shape index (κ3) is 3.22. The first-order chi connectivity index (χ1) is 12.4. The Kier molecular flexibility index (Phi) is 4.84. The normalized spacial score (nSPS) is 11.1. The second kappa shape index (κ2) is 7.07. The van der Waals surface area contributed by atoms with Gasteiger partial charge in [-0.15, -0.1) is 0 Å². The first-order valence-electron chi connectivity index (χ1n) is 8.47. The number of hydrogen-bond acceptors (Lipinski definition) is 5. The van der Waals surface area contributed by atoms with Crippen molar-refractivity contribution in [2.45, 2.75) is 20.3 Å². The number of nitrogen functional groups attached to an aromatic ring is 1. The number of benzene rings is 2. The predicted molar refractivity (Wildman–Crippen MR) is 103 cm³/mol. The molecule has 0 saturated heterocycles. The van der Waals surface area contributed by atoms with Crippen molar-refractivity contribution in [2.75, 3.05) is 20.1 Å². The van der Waals surface area contributed by atoms with Crippen LogP contribution in [0.4, 0.5) is 0 Å². The number of methoxy groups -OCH3 is 2. The molecular formula is C20H23N3O3. The molecule has 0 amide bonds. The molecule has 1 aromatic heterocycles. The highest BCUT2D eigenvalue weighted by Crippen LogP contribution is 2.31. The summed E-state index contributed by atoms with van der Waals surface area (Å²) >= 11 is 0. The fourth-order valence-corrected chi connectivity index (χ4v) is 2.99. The molecule has 0 aliphatic carbocycles. The van der Waals surface area contributed by atoms with Crippen molar-refractivity contribution >= 4 is 10.9 Å². The first kappa shape index (κ1) is 17.8. The van der Waals surface area contributed by atoms with Gasteiger partial charge in [0.25, 0.3) is 5.56 Å². The standard InChI is InChI=1S/C20H23N3O3/c1-12(2)9-13-5-7-14(8-6-13)19-22-16-11-18(26-4)17(25-3)10-15(16)20(24)23(19)21/h5-8,10-12H,9,21H2,1-4H3. The summed E-state index contributed by atoms with van der Waals surface area (Å²) in [5.41, 5.74) is 2.20. The van der Waals surface area contributed by atoms with Crippen LogP contribution in [0.25, 0.3) is 22.3 Å². The maximum absolute atomic E-state index is 12.7. The molecule has 1 heterocycles. The van der Waals surface area contributed by atoms with E-state index in [1.54, 1.807) is 19.2 Å². The summed E-state index contributed by atoms with van der Waals surface area (Å²) in [4.78, 5) is 17.3. The van der Waals surface area contributed by atoms with Crippen molar-refractivity contribution in [1.29, 1.82) is 0 Å². The molecular weight excluding hydrogens is 330 g/mol. The van der Waals surface area contributed by atoms with Gasteiger partial charge in [-0.25, -0.2) is 9.66 Å². The molecule has 0 unspecified atom stereocenters. The molecule has 26 heavy (non-hydrogen) atoms. The Bertz CT molecular complexity index is 992. The minimum Gasteiger partial charge on any atom is -0.493 e.